The molecule has 0 bridgehead atoms. The molecule has 6 heteroatoms. The Hall–Kier alpha value is -1.30. The highest BCUT2D eigenvalue weighted by molar-refractivity contribution is 6.02. The number of amidine groups is 1. The first-order valence-electron chi connectivity index (χ1n) is 6.89. The fourth-order valence-corrected chi connectivity index (χ4v) is 1.87. The molecule has 4 N–H and O–H groups in total. The molecule has 1 atom stereocenters. The number of hydrogen-bond acceptors (Lipinski definition) is 4. The normalized spacial score (nSPS) is 17.5. The second-order valence-corrected chi connectivity index (χ2v) is 5.41. The van der Waals surface area contributed by atoms with Crippen LogP contribution in [-0.4, -0.2) is 36.7 Å². The summed E-state index contributed by atoms with van der Waals surface area (Å²) in [5.41, 5.74) is 5.53. The van der Waals surface area contributed by atoms with Crippen LogP contribution in [0.4, 0.5) is 0 Å². The van der Waals surface area contributed by atoms with Crippen LogP contribution >= 0.6 is 0 Å². The molecule has 1 amide bonds. The first kappa shape index (κ1) is 15.8. The van der Waals surface area contributed by atoms with Gasteiger partial charge in [-0.1, -0.05) is 19.0 Å². The van der Waals surface area contributed by atoms with Gasteiger partial charge in [0.1, 0.15) is 5.92 Å². The highest BCUT2D eigenvalue weighted by atomic mass is 16.5. The van der Waals surface area contributed by atoms with Gasteiger partial charge in [0.05, 0.1) is 0 Å². The highest BCUT2D eigenvalue weighted by Gasteiger charge is 2.26. The molecule has 0 heterocycles. The number of nitrogens with two attached hydrogens (primary N) is 1. The van der Waals surface area contributed by atoms with Gasteiger partial charge in [0, 0.05) is 19.8 Å². The number of amides is 1. The van der Waals surface area contributed by atoms with Gasteiger partial charge in [-0.25, -0.2) is 0 Å². The molecule has 0 spiro atoms. The van der Waals surface area contributed by atoms with Gasteiger partial charge in [-0.2, -0.15) is 0 Å². The number of rotatable bonds is 9. The molecule has 0 aromatic carbocycles. The van der Waals surface area contributed by atoms with Gasteiger partial charge in [0.25, 0.3) is 0 Å². The van der Waals surface area contributed by atoms with Gasteiger partial charge in [-0.05, 0) is 31.1 Å². The van der Waals surface area contributed by atoms with Crippen LogP contribution in [-0.2, 0) is 9.53 Å². The SMILES string of the molecule is CC(C)C(C(=O)NCCCOCC1CC1)C(N)=NO. The molecular formula is C13H25N3O3. The third-order valence-electron chi connectivity index (χ3n) is 3.20. The van der Waals surface area contributed by atoms with Crippen LogP contribution in [0.5, 0.6) is 0 Å². The molecule has 1 unspecified atom stereocenters. The quantitative estimate of drug-likeness (QED) is 0.191. The Labute approximate surface area is 114 Å². The summed E-state index contributed by atoms with van der Waals surface area (Å²) in [6.45, 7) is 5.77. The van der Waals surface area contributed by atoms with E-state index in [2.05, 4.69) is 10.5 Å². The molecule has 1 rings (SSSR count). The van der Waals surface area contributed by atoms with Crippen molar-refractivity contribution in [3.05, 3.63) is 0 Å². The highest BCUT2D eigenvalue weighted by Crippen LogP contribution is 2.28. The van der Waals surface area contributed by atoms with E-state index >= 15 is 0 Å². The summed E-state index contributed by atoms with van der Waals surface area (Å²) in [4.78, 5) is 11.9. The second kappa shape index (κ2) is 7.99. The van der Waals surface area contributed by atoms with Crippen molar-refractivity contribution < 1.29 is 14.7 Å². The van der Waals surface area contributed by atoms with Gasteiger partial charge in [-0.15, -0.1) is 0 Å². The van der Waals surface area contributed by atoms with E-state index in [0.29, 0.717) is 13.2 Å². The first-order chi connectivity index (χ1) is 9.06. The van der Waals surface area contributed by atoms with Crippen molar-refractivity contribution in [2.75, 3.05) is 19.8 Å². The number of nitrogens with one attached hydrogen (secondary N) is 1. The minimum absolute atomic E-state index is 0.0120. The summed E-state index contributed by atoms with van der Waals surface area (Å²) >= 11 is 0. The zero-order valence-electron chi connectivity index (χ0n) is 11.8. The lowest BCUT2D eigenvalue weighted by atomic mass is 9.94. The summed E-state index contributed by atoms with van der Waals surface area (Å²) in [6, 6.07) is 0. The number of hydrogen-bond donors (Lipinski definition) is 3. The lowest BCUT2D eigenvalue weighted by molar-refractivity contribution is -0.124. The van der Waals surface area contributed by atoms with E-state index in [9.17, 15) is 4.79 Å². The van der Waals surface area contributed by atoms with Crippen LogP contribution in [0.25, 0.3) is 0 Å². The summed E-state index contributed by atoms with van der Waals surface area (Å²) in [5, 5.41) is 14.4. The number of carbonyl (C=O) groups is 1. The minimum Gasteiger partial charge on any atom is -0.409 e. The molecular weight excluding hydrogens is 246 g/mol. The molecule has 0 aromatic rings. The van der Waals surface area contributed by atoms with Crippen LogP contribution in [0.15, 0.2) is 5.16 Å². The van der Waals surface area contributed by atoms with Crippen molar-refractivity contribution >= 4 is 11.7 Å². The molecule has 0 saturated heterocycles. The Kier molecular flexibility index (Phi) is 6.62. The Bertz CT molecular complexity index is 314. The third-order valence-corrected chi connectivity index (χ3v) is 3.20. The van der Waals surface area contributed by atoms with Crippen molar-refractivity contribution in [1.29, 1.82) is 0 Å². The predicted molar refractivity (Wildman–Crippen MR) is 72.9 cm³/mol. The molecule has 19 heavy (non-hydrogen) atoms. The van der Waals surface area contributed by atoms with Gasteiger partial charge < -0.3 is 21.0 Å². The number of ether oxygens (including phenoxy) is 1. The smallest absolute Gasteiger partial charge is 0.231 e. The molecule has 0 aliphatic heterocycles. The number of oxime groups is 1. The average Bonchev–Trinajstić information content (AvgIpc) is 3.17. The molecule has 1 saturated carbocycles. The fraction of sp³-hybridized carbons (Fsp3) is 0.846. The van der Waals surface area contributed by atoms with Gasteiger partial charge in [0.15, 0.2) is 5.84 Å². The van der Waals surface area contributed by atoms with Crippen molar-refractivity contribution in [2.24, 2.45) is 28.6 Å². The van der Waals surface area contributed by atoms with E-state index < -0.39 is 5.92 Å². The van der Waals surface area contributed by atoms with Crippen molar-refractivity contribution in [3.63, 3.8) is 0 Å². The fourth-order valence-electron chi connectivity index (χ4n) is 1.87. The van der Waals surface area contributed by atoms with Crippen LogP contribution in [0, 0.1) is 17.8 Å². The number of carbonyl (C=O) groups excluding carboxylic acids is 1. The summed E-state index contributed by atoms with van der Waals surface area (Å²) in [6.07, 6.45) is 3.35. The van der Waals surface area contributed by atoms with E-state index in [1.807, 2.05) is 13.8 Å². The predicted octanol–water partition coefficient (Wildman–Crippen LogP) is 0.938. The molecule has 1 aliphatic carbocycles. The lowest BCUT2D eigenvalue weighted by Gasteiger charge is -2.18. The summed E-state index contributed by atoms with van der Waals surface area (Å²) < 4.78 is 5.48. The van der Waals surface area contributed by atoms with E-state index in [4.69, 9.17) is 15.7 Å². The third kappa shape index (κ3) is 5.92. The molecule has 6 nitrogen and oxygen atoms in total. The van der Waals surface area contributed by atoms with Crippen LogP contribution in [0.3, 0.4) is 0 Å². The maximum Gasteiger partial charge on any atom is 0.231 e. The van der Waals surface area contributed by atoms with Crippen molar-refractivity contribution in [3.8, 4) is 0 Å². The van der Waals surface area contributed by atoms with Crippen LogP contribution in [0.1, 0.15) is 33.1 Å². The Balaban J connectivity index is 2.16. The number of nitrogens with zero attached hydrogens (tertiary/aromatic N) is 1. The molecule has 1 fully saturated rings. The Morgan fingerprint density at radius 2 is 2.21 bits per heavy atom. The monoisotopic (exact) mass is 271 g/mol. The van der Waals surface area contributed by atoms with Gasteiger partial charge in [-0.3, -0.25) is 4.79 Å². The van der Waals surface area contributed by atoms with E-state index in [1.165, 1.54) is 12.8 Å². The maximum atomic E-state index is 11.9. The molecule has 0 radical (unpaired) electrons. The maximum absolute atomic E-state index is 11.9. The van der Waals surface area contributed by atoms with Crippen molar-refractivity contribution in [1.82, 2.24) is 5.32 Å². The summed E-state index contributed by atoms with van der Waals surface area (Å²) in [7, 11) is 0. The van der Waals surface area contributed by atoms with Crippen molar-refractivity contribution in [2.45, 2.75) is 33.1 Å². The Morgan fingerprint density at radius 1 is 1.53 bits per heavy atom. The lowest BCUT2D eigenvalue weighted by Crippen LogP contribution is -2.42. The minimum atomic E-state index is -0.586. The molecule has 1 aliphatic rings. The van der Waals surface area contributed by atoms with E-state index in [0.717, 1.165) is 18.9 Å². The standard InChI is InChI=1S/C13H25N3O3/c1-9(2)11(12(14)16-18)13(17)15-6-3-7-19-8-10-4-5-10/h9-11,18H,3-8H2,1-2H3,(H2,14,16)(H,15,17). The zero-order valence-corrected chi connectivity index (χ0v) is 11.8. The van der Waals surface area contributed by atoms with Crippen LogP contribution < -0.4 is 11.1 Å². The summed E-state index contributed by atoms with van der Waals surface area (Å²) in [5.74, 6) is -0.0788. The Morgan fingerprint density at radius 3 is 2.74 bits per heavy atom. The van der Waals surface area contributed by atoms with E-state index in [1.54, 1.807) is 0 Å². The zero-order chi connectivity index (χ0) is 14.3. The second-order valence-electron chi connectivity index (χ2n) is 5.41. The van der Waals surface area contributed by atoms with Gasteiger partial charge in [0.2, 0.25) is 5.91 Å². The largest absolute Gasteiger partial charge is 0.409 e. The topological polar surface area (TPSA) is 96.9 Å². The van der Waals surface area contributed by atoms with Crippen LogP contribution in [0.2, 0.25) is 0 Å². The molecule has 110 valence electrons. The van der Waals surface area contributed by atoms with Gasteiger partial charge >= 0.3 is 0 Å². The van der Waals surface area contributed by atoms with E-state index in [-0.39, 0.29) is 17.7 Å². The average molecular weight is 271 g/mol. The molecule has 0 aromatic heterocycles. The first-order valence-corrected chi connectivity index (χ1v) is 6.89.